The number of ether oxygens (including phenoxy) is 1. The molecule has 0 radical (unpaired) electrons. The van der Waals surface area contributed by atoms with Gasteiger partial charge in [0.05, 0.1) is 12.0 Å². The van der Waals surface area contributed by atoms with Gasteiger partial charge >= 0.3 is 11.6 Å². The molecule has 0 aliphatic carbocycles. The molecule has 1 aliphatic rings. The highest BCUT2D eigenvalue weighted by molar-refractivity contribution is 5.80. The lowest BCUT2D eigenvalue weighted by Crippen LogP contribution is -2.50. The molecule has 1 saturated heterocycles. The maximum atomic E-state index is 13.8. The quantitative estimate of drug-likeness (QED) is 0.535. The standard InChI is InChI=1S/C18H21F2N5O4/c1-12(24-11-15(25(27)28)17(21-24)29-2)18(26)23-8-6-22(7-9-23)10-13-4-3-5-14(19)16(13)20/h3-5,11-12H,6-10H2,1-2H3. The van der Waals surface area contributed by atoms with Gasteiger partial charge in [0.15, 0.2) is 11.6 Å². The minimum Gasteiger partial charge on any atom is -0.475 e. The highest BCUT2D eigenvalue weighted by atomic mass is 19.2. The summed E-state index contributed by atoms with van der Waals surface area (Å²) in [5.74, 6) is -2.12. The Kier molecular flexibility index (Phi) is 6.06. The number of methoxy groups -OCH3 is 1. The van der Waals surface area contributed by atoms with Crippen LogP contribution in [0.25, 0.3) is 0 Å². The summed E-state index contributed by atoms with van der Waals surface area (Å²) in [5.41, 5.74) is -0.0387. The Labute approximate surface area is 165 Å². The molecule has 1 aromatic heterocycles. The molecule has 3 rings (SSSR count). The first kappa shape index (κ1) is 20.6. The van der Waals surface area contributed by atoms with Crippen molar-refractivity contribution in [3.05, 3.63) is 51.7 Å². The second-order valence-corrected chi connectivity index (χ2v) is 6.75. The number of carbonyl (C=O) groups is 1. The van der Waals surface area contributed by atoms with Gasteiger partial charge in [-0.15, -0.1) is 5.10 Å². The lowest BCUT2D eigenvalue weighted by atomic mass is 10.1. The molecule has 11 heteroatoms. The number of aromatic nitrogens is 2. The van der Waals surface area contributed by atoms with E-state index in [1.807, 2.05) is 4.90 Å². The van der Waals surface area contributed by atoms with E-state index in [1.54, 1.807) is 11.8 Å². The van der Waals surface area contributed by atoms with Crippen LogP contribution in [0.4, 0.5) is 14.5 Å². The van der Waals surface area contributed by atoms with Gasteiger partial charge in [-0.2, -0.15) is 0 Å². The topological polar surface area (TPSA) is 93.7 Å². The lowest BCUT2D eigenvalue weighted by molar-refractivity contribution is -0.385. The molecule has 0 saturated carbocycles. The highest BCUT2D eigenvalue weighted by Gasteiger charge is 2.29. The summed E-state index contributed by atoms with van der Waals surface area (Å²) in [6, 6.07) is 3.33. The van der Waals surface area contributed by atoms with E-state index in [0.717, 1.165) is 6.07 Å². The van der Waals surface area contributed by atoms with Gasteiger partial charge in [0.1, 0.15) is 12.2 Å². The summed E-state index contributed by atoms with van der Waals surface area (Å²) in [6.45, 7) is 3.66. The fourth-order valence-electron chi connectivity index (χ4n) is 3.25. The summed E-state index contributed by atoms with van der Waals surface area (Å²) in [5, 5.41) is 15.0. The SMILES string of the molecule is COc1nn(C(C)C(=O)N2CCN(Cc3cccc(F)c3F)CC2)cc1[N+](=O)[O-]. The Morgan fingerprint density at radius 3 is 2.59 bits per heavy atom. The van der Waals surface area contributed by atoms with Crippen LogP contribution >= 0.6 is 0 Å². The normalized spacial score (nSPS) is 15.9. The molecule has 2 heterocycles. The third-order valence-corrected chi connectivity index (χ3v) is 4.93. The van der Waals surface area contributed by atoms with Crippen LogP contribution in [0.2, 0.25) is 0 Å². The third-order valence-electron chi connectivity index (χ3n) is 4.93. The Hall–Kier alpha value is -3.08. The molecule has 156 valence electrons. The fraction of sp³-hybridized carbons (Fsp3) is 0.444. The van der Waals surface area contributed by atoms with Crippen molar-refractivity contribution in [2.45, 2.75) is 19.5 Å². The average Bonchev–Trinajstić information content (AvgIpc) is 3.16. The zero-order valence-corrected chi connectivity index (χ0v) is 16.0. The van der Waals surface area contributed by atoms with E-state index in [0.29, 0.717) is 26.2 Å². The average molecular weight is 409 g/mol. The summed E-state index contributed by atoms with van der Waals surface area (Å²) in [4.78, 5) is 26.8. The van der Waals surface area contributed by atoms with Crippen LogP contribution in [0.3, 0.4) is 0 Å². The van der Waals surface area contributed by atoms with E-state index in [4.69, 9.17) is 4.74 Å². The molecule has 2 aromatic rings. The number of nitrogens with zero attached hydrogens (tertiary/aromatic N) is 5. The van der Waals surface area contributed by atoms with E-state index in [9.17, 15) is 23.7 Å². The van der Waals surface area contributed by atoms with Crippen LogP contribution < -0.4 is 4.74 Å². The van der Waals surface area contributed by atoms with Gasteiger partial charge in [-0.25, -0.2) is 13.5 Å². The monoisotopic (exact) mass is 409 g/mol. The van der Waals surface area contributed by atoms with E-state index >= 15 is 0 Å². The van der Waals surface area contributed by atoms with Gasteiger partial charge in [-0.3, -0.25) is 19.8 Å². The number of hydrogen-bond donors (Lipinski definition) is 0. The van der Waals surface area contributed by atoms with Gasteiger partial charge in [-0.1, -0.05) is 12.1 Å². The lowest BCUT2D eigenvalue weighted by Gasteiger charge is -2.36. The number of nitro groups is 1. The number of hydrogen-bond acceptors (Lipinski definition) is 6. The van der Waals surface area contributed by atoms with Gasteiger partial charge in [0.2, 0.25) is 5.91 Å². The van der Waals surface area contributed by atoms with Gasteiger partial charge in [-0.05, 0) is 13.0 Å². The minimum atomic E-state index is -0.881. The van der Waals surface area contributed by atoms with Crippen LogP contribution in [0.5, 0.6) is 5.88 Å². The minimum absolute atomic E-state index is 0.156. The number of carbonyl (C=O) groups excluding carboxylic acids is 1. The Morgan fingerprint density at radius 1 is 1.31 bits per heavy atom. The largest absolute Gasteiger partial charge is 0.475 e. The second kappa shape index (κ2) is 8.52. The smallest absolute Gasteiger partial charge is 0.350 e. The molecule has 1 amide bonds. The first-order chi connectivity index (χ1) is 13.8. The highest BCUT2D eigenvalue weighted by Crippen LogP contribution is 2.26. The summed E-state index contributed by atoms with van der Waals surface area (Å²) in [7, 11) is 1.27. The predicted octanol–water partition coefficient (Wildman–Crippen LogP) is 1.98. The van der Waals surface area contributed by atoms with E-state index < -0.39 is 22.6 Å². The number of halogens is 2. The molecule has 29 heavy (non-hydrogen) atoms. The predicted molar refractivity (Wildman–Crippen MR) is 98.4 cm³/mol. The van der Waals surface area contributed by atoms with Gasteiger partial charge < -0.3 is 9.64 Å². The Bertz CT molecular complexity index is 912. The van der Waals surface area contributed by atoms with Crippen molar-refractivity contribution in [2.75, 3.05) is 33.3 Å². The van der Waals surface area contributed by atoms with Crippen molar-refractivity contribution in [1.29, 1.82) is 0 Å². The first-order valence-corrected chi connectivity index (χ1v) is 9.03. The van der Waals surface area contributed by atoms with E-state index in [2.05, 4.69) is 5.10 Å². The van der Waals surface area contributed by atoms with Crippen molar-refractivity contribution in [3.8, 4) is 5.88 Å². The molecule has 0 N–H and O–H groups in total. The van der Waals surface area contributed by atoms with Gasteiger partial charge in [0.25, 0.3) is 0 Å². The number of benzene rings is 1. The van der Waals surface area contributed by atoms with Crippen molar-refractivity contribution in [3.63, 3.8) is 0 Å². The molecule has 9 nitrogen and oxygen atoms in total. The van der Waals surface area contributed by atoms with Crippen LogP contribution in [0, 0.1) is 21.7 Å². The molecular weight excluding hydrogens is 388 g/mol. The molecule has 0 bridgehead atoms. The fourth-order valence-corrected chi connectivity index (χ4v) is 3.25. The molecule has 1 aliphatic heterocycles. The van der Waals surface area contributed by atoms with Crippen molar-refractivity contribution in [1.82, 2.24) is 19.6 Å². The van der Waals surface area contributed by atoms with E-state index in [-0.39, 0.29) is 29.6 Å². The van der Waals surface area contributed by atoms with Crippen LogP contribution in [0.1, 0.15) is 18.5 Å². The van der Waals surface area contributed by atoms with Crippen LogP contribution in [-0.4, -0.2) is 63.7 Å². The number of amides is 1. The molecular formula is C18H21F2N5O4. The number of piperazine rings is 1. The molecule has 1 atom stereocenters. The first-order valence-electron chi connectivity index (χ1n) is 9.03. The Morgan fingerprint density at radius 2 is 2.00 bits per heavy atom. The van der Waals surface area contributed by atoms with Crippen molar-refractivity contribution < 1.29 is 23.2 Å². The molecule has 1 unspecified atom stereocenters. The third kappa shape index (κ3) is 4.34. The zero-order chi connectivity index (χ0) is 21.1. The summed E-state index contributed by atoms with van der Waals surface area (Å²) >= 11 is 0. The van der Waals surface area contributed by atoms with Crippen molar-refractivity contribution in [2.24, 2.45) is 0 Å². The van der Waals surface area contributed by atoms with Crippen LogP contribution in [-0.2, 0) is 11.3 Å². The summed E-state index contributed by atoms with van der Waals surface area (Å²) in [6.07, 6.45) is 1.17. The maximum absolute atomic E-state index is 13.8. The summed E-state index contributed by atoms with van der Waals surface area (Å²) < 4.78 is 33.3. The Balaban J connectivity index is 1.61. The van der Waals surface area contributed by atoms with Crippen molar-refractivity contribution >= 4 is 11.6 Å². The molecule has 1 aromatic carbocycles. The zero-order valence-electron chi connectivity index (χ0n) is 16.0. The van der Waals surface area contributed by atoms with Gasteiger partial charge in [0, 0.05) is 38.3 Å². The second-order valence-electron chi connectivity index (χ2n) is 6.75. The molecule has 0 spiro atoms. The van der Waals surface area contributed by atoms with Crippen LogP contribution in [0.15, 0.2) is 24.4 Å². The number of rotatable bonds is 6. The van der Waals surface area contributed by atoms with E-state index in [1.165, 1.54) is 30.1 Å². The maximum Gasteiger partial charge on any atom is 0.350 e. The molecule has 1 fully saturated rings.